The summed E-state index contributed by atoms with van der Waals surface area (Å²) in [7, 11) is 0. The van der Waals surface area contributed by atoms with Crippen molar-refractivity contribution in [3.8, 4) is 56.4 Å². The van der Waals surface area contributed by atoms with Crippen LogP contribution in [0.4, 0.5) is 0 Å². The standard InChI is InChI=1S/C43H27N3S/c1-3-12-31(13-4-1)41-44-42(32-14-5-2-6-15-32)46-43(45-41)39-35(25-26-37-36-17-9-10-18-38(36)47-40(37)39)30-22-19-29(20-23-30)34-24-21-28-11-7-8-16-33(28)27-34/h1-27H. The Morgan fingerprint density at radius 2 is 0.936 bits per heavy atom. The monoisotopic (exact) mass is 617 g/mol. The van der Waals surface area contributed by atoms with Crippen LogP contribution in [0.5, 0.6) is 0 Å². The highest BCUT2D eigenvalue weighted by Gasteiger charge is 2.21. The molecule has 0 unspecified atom stereocenters. The minimum Gasteiger partial charge on any atom is -0.208 e. The fourth-order valence-electron chi connectivity index (χ4n) is 6.38. The van der Waals surface area contributed by atoms with Gasteiger partial charge in [-0.25, -0.2) is 15.0 Å². The molecule has 0 spiro atoms. The Balaban J connectivity index is 1.27. The molecular formula is C43H27N3S. The summed E-state index contributed by atoms with van der Waals surface area (Å²) in [6, 6.07) is 57.5. The molecule has 0 N–H and O–H groups in total. The van der Waals surface area contributed by atoms with Gasteiger partial charge in [0.1, 0.15) is 0 Å². The summed E-state index contributed by atoms with van der Waals surface area (Å²) < 4.78 is 2.42. The second-order valence-electron chi connectivity index (χ2n) is 11.6. The fraction of sp³-hybridized carbons (Fsp3) is 0. The van der Waals surface area contributed by atoms with Crippen LogP contribution in [-0.4, -0.2) is 15.0 Å². The summed E-state index contributed by atoms with van der Waals surface area (Å²) in [6.07, 6.45) is 0. The van der Waals surface area contributed by atoms with Gasteiger partial charge in [-0.1, -0.05) is 152 Å². The Labute approximate surface area is 276 Å². The van der Waals surface area contributed by atoms with Crippen molar-refractivity contribution in [2.45, 2.75) is 0 Å². The molecule has 0 atom stereocenters. The molecule has 0 radical (unpaired) electrons. The number of hydrogen-bond acceptors (Lipinski definition) is 4. The molecule has 0 fully saturated rings. The summed E-state index contributed by atoms with van der Waals surface area (Å²) in [5.74, 6) is 1.99. The molecule has 7 aromatic carbocycles. The number of nitrogens with zero attached hydrogens (tertiary/aromatic N) is 3. The van der Waals surface area contributed by atoms with Crippen LogP contribution in [-0.2, 0) is 0 Å². The maximum atomic E-state index is 5.18. The zero-order chi connectivity index (χ0) is 31.2. The van der Waals surface area contributed by atoms with E-state index < -0.39 is 0 Å². The SMILES string of the molecule is c1ccc(-c2nc(-c3ccccc3)nc(-c3c(-c4ccc(-c5ccc6ccccc6c5)cc4)ccc4c3sc3ccccc34)n2)cc1. The van der Waals surface area contributed by atoms with Gasteiger partial charge in [0, 0.05) is 36.9 Å². The summed E-state index contributed by atoms with van der Waals surface area (Å²) in [5.41, 5.74) is 7.54. The Morgan fingerprint density at radius 1 is 0.362 bits per heavy atom. The lowest BCUT2D eigenvalue weighted by molar-refractivity contribution is 1.08. The van der Waals surface area contributed by atoms with Crippen LogP contribution in [0.1, 0.15) is 0 Å². The predicted octanol–water partition coefficient (Wildman–Crippen LogP) is 11.7. The van der Waals surface area contributed by atoms with Gasteiger partial charge in [-0.15, -0.1) is 11.3 Å². The van der Waals surface area contributed by atoms with Crippen molar-refractivity contribution in [2.24, 2.45) is 0 Å². The largest absolute Gasteiger partial charge is 0.208 e. The van der Waals surface area contributed by atoms with E-state index in [0.29, 0.717) is 17.5 Å². The van der Waals surface area contributed by atoms with Crippen LogP contribution in [0.2, 0.25) is 0 Å². The fourth-order valence-corrected chi connectivity index (χ4v) is 7.63. The third kappa shape index (κ3) is 4.96. The third-order valence-corrected chi connectivity index (χ3v) is 9.95. The molecule has 3 nitrogen and oxygen atoms in total. The van der Waals surface area contributed by atoms with Gasteiger partial charge in [0.25, 0.3) is 0 Å². The molecule has 47 heavy (non-hydrogen) atoms. The van der Waals surface area contributed by atoms with E-state index in [-0.39, 0.29) is 0 Å². The van der Waals surface area contributed by atoms with Crippen molar-refractivity contribution < 1.29 is 0 Å². The van der Waals surface area contributed by atoms with Gasteiger partial charge in [0.15, 0.2) is 17.5 Å². The summed E-state index contributed by atoms with van der Waals surface area (Å²) in [6.45, 7) is 0. The van der Waals surface area contributed by atoms with Gasteiger partial charge < -0.3 is 0 Å². The molecule has 0 aliphatic rings. The number of thiophene rings is 1. The first-order valence-electron chi connectivity index (χ1n) is 15.7. The Bertz CT molecular complexity index is 2500. The van der Waals surface area contributed by atoms with Gasteiger partial charge in [0.2, 0.25) is 0 Å². The Morgan fingerprint density at radius 3 is 1.66 bits per heavy atom. The first-order valence-corrected chi connectivity index (χ1v) is 16.5. The van der Waals surface area contributed by atoms with Gasteiger partial charge in [-0.05, 0) is 45.2 Å². The quantitative estimate of drug-likeness (QED) is 0.193. The molecule has 2 heterocycles. The molecule has 0 aliphatic heterocycles. The number of benzene rings is 7. The van der Waals surface area contributed by atoms with E-state index in [0.717, 1.165) is 27.8 Å². The lowest BCUT2D eigenvalue weighted by atomic mass is 9.94. The van der Waals surface area contributed by atoms with Crippen LogP contribution >= 0.6 is 11.3 Å². The van der Waals surface area contributed by atoms with Crippen LogP contribution in [0.15, 0.2) is 164 Å². The zero-order valence-corrected chi connectivity index (χ0v) is 26.2. The second-order valence-corrected chi connectivity index (χ2v) is 12.7. The highest BCUT2D eigenvalue weighted by Crippen LogP contribution is 2.44. The Hall–Kier alpha value is -5.97. The second kappa shape index (κ2) is 11.4. The maximum Gasteiger partial charge on any atom is 0.166 e. The van der Waals surface area contributed by atoms with Crippen LogP contribution < -0.4 is 0 Å². The van der Waals surface area contributed by atoms with E-state index >= 15 is 0 Å². The highest BCUT2D eigenvalue weighted by molar-refractivity contribution is 7.26. The van der Waals surface area contributed by atoms with E-state index in [9.17, 15) is 0 Å². The van der Waals surface area contributed by atoms with E-state index in [1.807, 2.05) is 36.4 Å². The number of hydrogen-bond donors (Lipinski definition) is 0. The van der Waals surface area contributed by atoms with Crippen molar-refractivity contribution >= 4 is 42.3 Å². The van der Waals surface area contributed by atoms with Crippen LogP contribution in [0.25, 0.3) is 87.4 Å². The molecule has 4 heteroatoms. The van der Waals surface area contributed by atoms with E-state index in [4.69, 9.17) is 15.0 Å². The van der Waals surface area contributed by atoms with Crippen molar-refractivity contribution in [3.63, 3.8) is 0 Å². The molecule has 0 amide bonds. The lowest BCUT2D eigenvalue weighted by Crippen LogP contribution is -2.01. The molecule has 0 saturated carbocycles. The molecule has 9 rings (SSSR count). The van der Waals surface area contributed by atoms with Crippen molar-refractivity contribution in [1.82, 2.24) is 15.0 Å². The predicted molar refractivity (Wildman–Crippen MR) is 197 cm³/mol. The minimum atomic E-state index is 0.658. The van der Waals surface area contributed by atoms with Crippen molar-refractivity contribution in [2.75, 3.05) is 0 Å². The minimum absolute atomic E-state index is 0.658. The normalized spacial score (nSPS) is 11.4. The first kappa shape index (κ1) is 27.3. The molecule has 9 aromatic rings. The van der Waals surface area contributed by atoms with E-state index in [1.165, 1.54) is 42.1 Å². The lowest BCUT2D eigenvalue weighted by Gasteiger charge is -2.14. The topological polar surface area (TPSA) is 38.7 Å². The molecule has 0 aliphatic carbocycles. The van der Waals surface area contributed by atoms with Gasteiger partial charge in [-0.2, -0.15) is 0 Å². The summed E-state index contributed by atoms with van der Waals surface area (Å²) in [4.78, 5) is 15.3. The third-order valence-electron chi connectivity index (χ3n) is 8.75. The van der Waals surface area contributed by atoms with Crippen LogP contribution in [0.3, 0.4) is 0 Å². The first-order chi connectivity index (χ1) is 23.3. The molecule has 0 saturated heterocycles. The van der Waals surface area contributed by atoms with Crippen molar-refractivity contribution in [1.29, 1.82) is 0 Å². The smallest absolute Gasteiger partial charge is 0.166 e. The van der Waals surface area contributed by atoms with Crippen LogP contribution in [0, 0.1) is 0 Å². The molecular weight excluding hydrogens is 591 g/mol. The van der Waals surface area contributed by atoms with E-state index in [1.54, 1.807) is 11.3 Å². The number of aromatic nitrogens is 3. The summed E-state index contributed by atoms with van der Waals surface area (Å²) >= 11 is 1.80. The Kier molecular flexibility index (Phi) is 6.65. The highest BCUT2D eigenvalue weighted by atomic mass is 32.1. The average Bonchev–Trinajstić information content (AvgIpc) is 3.54. The van der Waals surface area contributed by atoms with Gasteiger partial charge in [0.05, 0.1) is 0 Å². The summed E-state index contributed by atoms with van der Waals surface area (Å²) in [5, 5.41) is 4.94. The average molecular weight is 618 g/mol. The van der Waals surface area contributed by atoms with Gasteiger partial charge >= 0.3 is 0 Å². The van der Waals surface area contributed by atoms with Gasteiger partial charge in [-0.3, -0.25) is 0 Å². The van der Waals surface area contributed by atoms with E-state index in [2.05, 4.69) is 127 Å². The molecule has 220 valence electrons. The molecule has 2 aromatic heterocycles. The number of fused-ring (bicyclic) bond motifs is 4. The maximum absolute atomic E-state index is 5.18. The number of rotatable bonds is 5. The molecule has 0 bridgehead atoms. The van der Waals surface area contributed by atoms with Crippen molar-refractivity contribution in [3.05, 3.63) is 164 Å². The zero-order valence-electron chi connectivity index (χ0n) is 25.3.